The number of benzene rings is 2. The molecule has 0 fully saturated rings. The normalized spacial score (nSPS) is 15.2. The van der Waals surface area contributed by atoms with Crippen LogP contribution in [0, 0.1) is 0 Å². The van der Waals surface area contributed by atoms with Crippen molar-refractivity contribution in [2.75, 3.05) is 13.6 Å². The van der Waals surface area contributed by atoms with Crippen LogP contribution in [0.5, 0.6) is 0 Å². The molecule has 0 spiro atoms. The summed E-state index contributed by atoms with van der Waals surface area (Å²) in [6, 6.07) is 14.6. The lowest BCUT2D eigenvalue weighted by atomic mass is 10.1. The number of halogens is 1. The summed E-state index contributed by atoms with van der Waals surface area (Å²) >= 11 is 8.20. The van der Waals surface area contributed by atoms with Crippen molar-refractivity contribution in [2.45, 2.75) is 22.8 Å². The maximum atomic E-state index is 6.46. The summed E-state index contributed by atoms with van der Waals surface area (Å²) in [6.45, 7) is 1.97. The minimum atomic E-state index is 0.702. The minimum Gasteiger partial charge on any atom is -0.459 e. The first-order chi connectivity index (χ1) is 10.7. The quantitative estimate of drug-likeness (QED) is 0.641. The van der Waals surface area contributed by atoms with Crippen molar-refractivity contribution in [3.63, 3.8) is 0 Å². The van der Waals surface area contributed by atoms with Gasteiger partial charge in [-0.2, -0.15) is 0 Å². The highest BCUT2D eigenvalue weighted by atomic mass is 35.5. The van der Waals surface area contributed by atoms with E-state index in [0.29, 0.717) is 5.02 Å². The Balaban J connectivity index is 1.80. The van der Waals surface area contributed by atoms with Crippen LogP contribution in [0.4, 0.5) is 0 Å². The Morgan fingerprint density at radius 3 is 2.77 bits per heavy atom. The molecule has 2 heterocycles. The average Bonchev–Trinajstić information content (AvgIpc) is 2.87. The van der Waals surface area contributed by atoms with Crippen molar-refractivity contribution >= 4 is 34.3 Å². The summed E-state index contributed by atoms with van der Waals surface area (Å²) in [6.07, 6.45) is 0.956. The molecular formula is C18H16ClNOS. The van der Waals surface area contributed by atoms with Gasteiger partial charge < -0.3 is 9.32 Å². The van der Waals surface area contributed by atoms with Gasteiger partial charge in [-0.25, -0.2) is 0 Å². The second kappa shape index (κ2) is 5.65. The summed E-state index contributed by atoms with van der Waals surface area (Å²) in [7, 11) is 2.14. The van der Waals surface area contributed by atoms with Crippen LogP contribution in [-0.4, -0.2) is 18.5 Å². The van der Waals surface area contributed by atoms with Crippen molar-refractivity contribution in [3.05, 3.63) is 58.8 Å². The summed E-state index contributed by atoms with van der Waals surface area (Å²) < 4.78 is 6.01. The van der Waals surface area contributed by atoms with Crippen LogP contribution in [0.1, 0.15) is 11.3 Å². The van der Waals surface area contributed by atoms with Gasteiger partial charge in [0, 0.05) is 40.3 Å². The third kappa shape index (κ3) is 2.54. The topological polar surface area (TPSA) is 16.4 Å². The molecular weight excluding hydrogens is 314 g/mol. The van der Waals surface area contributed by atoms with Crippen LogP contribution in [-0.2, 0) is 13.0 Å². The number of hydrogen-bond acceptors (Lipinski definition) is 3. The van der Waals surface area contributed by atoms with E-state index >= 15 is 0 Å². The van der Waals surface area contributed by atoms with Gasteiger partial charge in [0.05, 0.1) is 5.02 Å². The Hall–Kier alpha value is -1.42. The van der Waals surface area contributed by atoms with E-state index in [0.717, 1.165) is 41.1 Å². The van der Waals surface area contributed by atoms with E-state index in [2.05, 4.69) is 42.3 Å². The number of nitrogens with zero attached hydrogens (tertiary/aromatic N) is 1. The molecule has 4 heteroatoms. The van der Waals surface area contributed by atoms with Crippen LogP contribution in [0.15, 0.2) is 56.7 Å². The van der Waals surface area contributed by atoms with Crippen LogP contribution >= 0.6 is 23.4 Å². The van der Waals surface area contributed by atoms with Gasteiger partial charge in [0.15, 0.2) is 5.58 Å². The molecule has 0 saturated carbocycles. The number of hydrogen-bond donors (Lipinski definition) is 0. The van der Waals surface area contributed by atoms with Gasteiger partial charge in [-0.15, -0.1) is 0 Å². The van der Waals surface area contributed by atoms with E-state index in [9.17, 15) is 0 Å². The van der Waals surface area contributed by atoms with Crippen molar-refractivity contribution in [3.8, 4) is 0 Å². The van der Waals surface area contributed by atoms with Gasteiger partial charge in [-0.05, 0) is 31.3 Å². The van der Waals surface area contributed by atoms with Crippen LogP contribution in [0.3, 0.4) is 0 Å². The monoisotopic (exact) mass is 329 g/mol. The van der Waals surface area contributed by atoms with Crippen LogP contribution < -0.4 is 0 Å². The third-order valence-corrected chi connectivity index (χ3v) is 5.29. The molecule has 0 N–H and O–H groups in total. The molecule has 0 amide bonds. The zero-order valence-corrected chi connectivity index (χ0v) is 13.9. The first-order valence-corrected chi connectivity index (χ1v) is 8.55. The van der Waals surface area contributed by atoms with Gasteiger partial charge in [-0.1, -0.05) is 41.6 Å². The highest BCUT2D eigenvalue weighted by Gasteiger charge is 2.22. The SMILES string of the molecule is CN1CCc2oc3c(Cl)cc(Sc4ccccc4)cc3c2C1. The van der Waals surface area contributed by atoms with Crippen molar-refractivity contribution in [1.82, 2.24) is 4.90 Å². The van der Waals surface area contributed by atoms with Gasteiger partial charge in [0.2, 0.25) is 0 Å². The van der Waals surface area contributed by atoms with E-state index in [4.69, 9.17) is 16.0 Å². The molecule has 1 aromatic heterocycles. The summed E-state index contributed by atoms with van der Waals surface area (Å²) in [4.78, 5) is 4.69. The molecule has 0 radical (unpaired) electrons. The molecule has 4 rings (SSSR count). The Morgan fingerprint density at radius 2 is 1.95 bits per heavy atom. The molecule has 1 aliphatic rings. The smallest absolute Gasteiger partial charge is 0.153 e. The summed E-state index contributed by atoms with van der Waals surface area (Å²) in [5, 5.41) is 1.86. The van der Waals surface area contributed by atoms with Crippen molar-refractivity contribution in [1.29, 1.82) is 0 Å². The van der Waals surface area contributed by atoms with Crippen molar-refractivity contribution < 1.29 is 4.42 Å². The number of furan rings is 1. The van der Waals surface area contributed by atoms with E-state index < -0.39 is 0 Å². The standard InChI is InChI=1S/C18H16ClNOS/c1-20-8-7-17-15(11-20)14-9-13(10-16(19)18(14)21-17)22-12-5-3-2-4-6-12/h2-6,9-10H,7-8,11H2,1H3. The van der Waals surface area contributed by atoms with Gasteiger partial charge in [0.25, 0.3) is 0 Å². The Morgan fingerprint density at radius 1 is 1.14 bits per heavy atom. The second-order valence-electron chi connectivity index (χ2n) is 5.69. The predicted molar refractivity (Wildman–Crippen MR) is 91.8 cm³/mol. The minimum absolute atomic E-state index is 0.702. The molecule has 0 saturated heterocycles. The molecule has 0 bridgehead atoms. The summed E-state index contributed by atoms with van der Waals surface area (Å²) in [5.41, 5.74) is 2.13. The fraction of sp³-hybridized carbons (Fsp3) is 0.222. The Labute approximate surface area is 139 Å². The number of rotatable bonds is 2. The molecule has 22 heavy (non-hydrogen) atoms. The highest BCUT2D eigenvalue weighted by molar-refractivity contribution is 7.99. The summed E-state index contributed by atoms with van der Waals surface area (Å²) in [5.74, 6) is 1.09. The van der Waals surface area contributed by atoms with E-state index in [1.165, 1.54) is 10.5 Å². The van der Waals surface area contributed by atoms with Gasteiger partial charge in [0.1, 0.15) is 5.76 Å². The van der Waals surface area contributed by atoms with E-state index in [1.807, 2.05) is 12.1 Å². The van der Waals surface area contributed by atoms with E-state index in [1.54, 1.807) is 11.8 Å². The lowest BCUT2D eigenvalue weighted by molar-refractivity contribution is 0.296. The lowest BCUT2D eigenvalue weighted by Gasteiger charge is -2.21. The highest BCUT2D eigenvalue weighted by Crippen LogP contribution is 2.39. The second-order valence-corrected chi connectivity index (χ2v) is 7.24. The maximum Gasteiger partial charge on any atom is 0.153 e. The molecule has 2 aromatic carbocycles. The first-order valence-electron chi connectivity index (χ1n) is 7.36. The number of likely N-dealkylation sites (N-methyl/N-ethyl adjacent to an activating group) is 1. The predicted octanol–water partition coefficient (Wildman–Crippen LogP) is 5.23. The Bertz CT molecular complexity index is 828. The fourth-order valence-corrected chi connectivity index (χ4v) is 4.17. The molecule has 3 aromatic rings. The molecule has 1 aliphatic heterocycles. The lowest BCUT2D eigenvalue weighted by Crippen LogP contribution is -2.25. The molecule has 0 aliphatic carbocycles. The van der Waals surface area contributed by atoms with Gasteiger partial charge in [-0.3, -0.25) is 0 Å². The molecule has 2 nitrogen and oxygen atoms in total. The number of fused-ring (bicyclic) bond motifs is 3. The first kappa shape index (κ1) is 14.2. The fourth-order valence-electron chi connectivity index (χ4n) is 2.93. The van der Waals surface area contributed by atoms with Crippen LogP contribution in [0.2, 0.25) is 5.02 Å². The molecule has 112 valence electrons. The largest absolute Gasteiger partial charge is 0.459 e. The third-order valence-electron chi connectivity index (χ3n) is 4.03. The zero-order chi connectivity index (χ0) is 15.1. The van der Waals surface area contributed by atoms with Gasteiger partial charge >= 0.3 is 0 Å². The molecule has 0 unspecified atom stereocenters. The van der Waals surface area contributed by atoms with E-state index in [-0.39, 0.29) is 0 Å². The maximum absolute atomic E-state index is 6.46. The van der Waals surface area contributed by atoms with Crippen molar-refractivity contribution in [2.24, 2.45) is 0 Å². The molecule has 0 atom stereocenters. The Kier molecular flexibility index (Phi) is 3.65. The van der Waals surface area contributed by atoms with Crippen LogP contribution in [0.25, 0.3) is 11.0 Å². The zero-order valence-electron chi connectivity index (χ0n) is 12.3. The average molecular weight is 330 g/mol.